The van der Waals surface area contributed by atoms with E-state index in [1.807, 2.05) is 0 Å². The lowest BCUT2D eigenvalue weighted by atomic mass is 10.2. The van der Waals surface area contributed by atoms with Crippen molar-refractivity contribution in [1.29, 1.82) is 0 Å². The normalized spacial score (nSPS) is 13.2. The topological polar surface area (TPSA) is 84.9 Å². The van der Waals surface area contributed by atoms with E-state index >= 15 is 0 Å². The molecule has 0 spiro atoms. The monoisotopic (exact) mass is 362 g/mol. The minimum atomic E-state index is -3.59. The molecule has 0 saturated carbocycles. The van der Waals surface area contributed by atoms with Crippen LogP contribution in [0.15, 0.2) is 48.5 Å². The number of ether oxygens (including phenoxy) is 2. The van der Waals surface area contributed by atoms with Crippen molar-refractivity contribution in [3.05, 3.63) is 48.5 Å². The molecule has 7 nitrogen and oxygen atoms in total. The Bertz CT molecular complexity index is 868. The zero-order chi connectivity index (χ0) is 17.9. The fraction of sp³-hybridized carbons (Fsp3) is 0.235. The van der Waals surface area contributed by atoms with Crippen LogP contribution in [-0.2, 0) is 14.8 Å². The summed E-state index contributed by atoms with van der Waals surface area (Å²) >= 11 is 0. The highest BCUT2D eigenvalue weighted by Gasteiger charge is 2.21. The van der Waals surface area contributed by atoms with Crippen molar-refractivity contribution >= 4 is 27.3 Å². The number of fused-ring (bicyclic) bond motifs is 1. The number of anilines is 2. The van der Waals surface area contributed by atoms with Crippen LogP contribution in [0.25, 0.3) is 0 Å². The molecule has 1 aliphatic rings. The van der Waals surface area contributed by atoms with Gasteiger partial charge < -0.3 is 14.8 Å². The molecule has 25 heavy (non-hydrogen) atoms. The van der Waals surface area contributed by atoms with E-state index in [1.165, 1.54) is 0 Å². The second-order valence-electron chi connectivity index (χ2n) is 5.51. The Morgan fingerprint density at radius 2 is 1.76 bits per heavy atom. The molecule has 0 fully saturated rings. The van der Waals surface area contributed by atoms with Crippen molar-refractivity contribution in [2.24, 2.45) is 0 Å². The summed E-state index contributed by atoms with van der Waals surface area (Å²) in [5.41, 5.74) is 0.943. The Balaban J connectivity index is 1.74. The van der Waals surface area contributed by atoms with Gasteiger partial charge in [-0.25, -0.2) is 8.42 Å². The maximum Gasteiger partial charge on any atom is 0.245 e. The molecule has 2 aromatic carbocycles. The van der Waals surface area contributed by atoms with Crippen LogP contribution in [0.1, 0.15) is 0 Å². The number of hydrogen-bond acceptors (Lipinski definition) is 5. The lowest BCUT2D eigenvalue weighted by molar-refractivity contribution is -0.114. The minimum absolute atomic E-state index is 0.322. The first-order valence-corrected chi connectivity index (χ1v) is 9.50. The molecule has 132 valence electrons. The summed E-state index contributed by atoms with van der Waals surface area (Å²) in [4.78, 5) is 12.3. The first-order chi connectivity index (χ1) is 11.9. The fourth-order valence-corrected chi connectivity index (χ4v) is 3.30. The molecule has 0 aromatic heterocycles. The van der Waals surface area contributed by atoms with Gasteiger partial charge in [-0.3, -0.25) is 9.10 Å². The number of rotatable bonds is 5. The molecule has 0 radical (unpaired) electrons. The van der Waals surface area contributed by atoms with Gasteiger partial charge in [0.2, 0.25) is 15.9 Å². The number of carbonyl (C=O) groups is 1. The lowest BCUT2D eigenvalue weighted by Crippen LogP contribution is -2.37. The number of sulfonamides is 1. The standard InChI is InChI=1S/C17H18N2O5S/c1-25(21,22)19(14-5-3-2-4-6-14)12-17(20)18-13-7-8-15-16(11-13)24-10-9-23-15/h2-8,11H,9-10,12H2,1H3,(H,18,20). The first-order valence-electron chi connectivity index (χ1n) is 7.66. The third kappa shape index (κ3) is 4.21. The zero-order valence-corrected chi connectivity index (χ0v) is 14.5. The largest absolute Gasteiger partial charge is 0.486 e. The molecular weight excluding hydrogens is 344 g/mol. The van der Waals surface area contributed by atoms with Gasteiger partial charge in [0.1, 0.15) is 19.8 Å². The molecule has 1 aliphatic heterocycles. The van der Waals surface area contributed by atoms with Gasteiger partial charge in [0.25, 0.3) is 0 Å². The van der Waals surface area contributed by atoms with Crippen molar-refractivity contribution in [1.82, 2.24) is 0 Å². The summed E-state index contributed by atoms with van der Waals surface area (Å²) in [7, 11) is -3.59. The number of amides is 1. The zero-order valence-electron chi connectivity index (χ0n) is 13.6. The molecule has 0 saturated heterocycles. The summed E-state index contributed by atoms with van der Waals surface area (Å²) in [6, 6.07) is 13.5. The number of nitrogens with one attached hydrogen (secondary N) is 1. The molecule has 2 aromatic rings. The van der Waals surface area contributed by atoms with E-state index in [2.05, 4.69) is 5.32 Å². The van der Waals surface area contributed by atoms with E-state index in [-0.39, 0.29) is 6.54 Å². The van der Waals surface area contributed by atoms with Crippen LogP contribution in [0.3, 0.4) is 0 Å². The quantitative estimate of drug-likeness (QED) is 0.878. The molecule has 0 aliphatic carbocycles. The van der Waals surface area contributed by atoms with Crippen molar-refractivity contribution in [2.75, 3.05) is 35.6 Å². The average Bonchev–Trinajstić information content (AvgIpc) is 2.59. The van der Waals surface area contributed by atoms with Crippen molar-refractivity contribution in [3.63, 3.8) is 0 Å². The Morgan fingerprint density at radius 3 is 2.44 bits per heavy atom. The highest BCUT2D eigenvalue weighted by atomic mass is 32.2. The van der Waals surface area contributed by atoms with E-state index in [1.54, 1.807) is 48.5 Å². The van der Waals surface area contributed by atoms with Gasteiger partial charge in [-0.2, -0.15) is 0 Å². The summed E-state index contributed by atoms with van der Waals surface area (Å²) in [5.74, 6) is 0.712. The van der Waals surface area contributed by atoms with Gasteiger partial charge in [0.15, 0.2) is 11.5 Å². The summed E-state index contributed by atoms with van der Waals surface area (Å²) in [6.07, 6.45) is 1.07. The van der Waals surface area contributed by atoms with E-state index in [4.69, 9.17) is 9.47 Å². The van der Waals surface area contributed by atoms with Gasteiger partial charge in [0.05, 0.1) is 11.9 Å². The van der Waals surface area contributed by atoms with Gasteiger partial charge in [0, 0.05) is 11.8 Å². The highest BCUT2D eigenvalue weighted by molar-refractivity contribution is 7.92. The van der Waals surface area contributed by atoms with Crippen molar-refractivity contribution in [2.45, 2.75) is 0 Å². The Morgan fingerprint density at radius 1 is 1.08 bits per heavy atom. The molecule has 0 bridgehead atoms. The molecule has 0 unspecified atom stereocenters. The Hall–Kier alpha value is -2.74. The van der Waals surface area contributed by atoms with E-state index < -0.39 is 15.9 Å². The van der Waals surface area contributed by atoms with Gasteiger partial charge in [-0.1, -0.05) is 18.2 Å². The van der Waals surface area contributed by atoms with Crippen LogP contribution in [0.4, 0.5) is 11.4 Å². The summed E-state index contributed by atoms with van der Waals surface area (Å²) in [6.45, 7) is 0.608. The molecule has 1 N–H and O–H groups in total. The lowest BCUT2D eigenvalue weighted by Gasteiger charge is -2.22. The SMILES string of the molecule is CS(=O)(=O)N(CC(=O)Nc1ccc2c(c1)OCCO2)c1ccccc1. The number of para-hydroxylation sites is 1. The average molecular weight is 362 g/mol. The van der Waals surface area contributed by atoms with E-state index in [0.29, 0.717) is 36.1 Å². The predicted octanol–water partition coefficient (Wildman–Crippen LogP) is 1.86. The molecule has 1 heterocycles. The number of hydrogen-bond donors (Lipinski definition) is 1. The first kappa shape index (κ1) is 17.1. The number of carbonyl (C=O) groups excluding carboxylic acids is 1. The van der Waals surface area contributed by atoms with Crippen LogP contribution in [0.2, 0.25) is 0 Å². The Kier molecular flexibility index (Phi) is 4.80. The molecule has 3 rings (SSSR count). The number of nitrogens with zero attached hydrogens (tertiary/aromatic N) is 1. The predicted molar refractivity (Wildman–Crippen MR) is 94.7 cm³/mol. The molecule has 0 atom stereocenters. The smallest absolute Gasteiger partial charge is 0.245 e. The van der Waals surface area contributed by atoms with Crippen LogP contribution in [-0.4, -0.2) is 40.3 Å². The number of benzene rings is 2. The molecule has 8 heteroatoms. The van der Waals surface area contributed by atoms with Crippen LogP contribution in [0.5, 0.6) is 11.5 Å². The van der Waals surface area contributed by atoms with E-state index in [0.717, 1.165) is 10.6 Å². The minimum Gasteiger partial charge on any atom is -0.486 e. The van der Waals surface area contributed by atoms with Crippen LogP contribution < -0.4 is 19.1 Å². The summed E-state index contributed by atoms with van der Waals surface area (Å²) < 4.78 is 36.0. The van der Waals surface area contributed by atoms with Gasteiger partial charge in [-0.05, 0) is 24.3 Å². The van der Waals surface area contributed by atoms with E-state index in [9.17, 15) is 13.2 Å². The summed E-state index contributed by atoms with van der Waals surface area (Å²) in [5, 5.41) is 2.68. The third-order valence-corrected chi connectivity index (χ3v) is 4.70. The molecular formula is C17H18N2O5S. The van der Waals surface area contributed by atoms with Gasteiger partial charge >= 0.3 is 0 Å². The maximum atomic E-state index is 12.3. The fourth-order valence-electron chi connectivity index (χ4n) is 2.45. The Labute approximate surface area is 146 Å². The van der Waals surface area contributed by atoms with Gasteiger partial charge in [-0.15, -0.1) is 0 Å². The second-order valence-corrected chi connectivity index (χ2v) is 7.42. The van der Waals surface area contributed by atoms with Crippen LogP contribution in [0, 0.1) is 0 Å². The van der Waals surface area contributed by atoms with Crippen LogP contribution >= 0.6 is 0 Å². The maximum absolute atomic E-state index is 12.3. The highest BCUT2D eigenvalue weighted by Crippen LogP contribution is 2.32. The van der Waals surface area contributed by atoms with Crippen molar-refractivity contribution in [3.8, 4) is 11.5 Å². The molecule has 1 amide bonds. The third-order valence-electron chi connectivity index (χ3n) is 3.56. The van der Waals surface area contributed by atoms with Crippen molar-refractivity contribution < 1.29 is 22.7 Å². The second kappa shape index (κ2) is 7.02.